The van der Waals surface area contributed by atoms with E-state index in [4.69, 9.17) is 17.3 Å². The van der Waals surface area contributed by atoms with Gasteiger partial charge in [0.2, 0.25) is 0 Å². The van der Waals surface area contributed by atoms with Crippen molar-refractivity contribution in [2.75, 3.05) is 0 Å². The zero-order chi connectivity index (χ0) is 14.1. The molecule has 0 radical (unpaired) electrons. The first-order chi connectivity index (χ1) is 9.63. The summed E-state index contributed by atoms with van der Waals surface area (Å²) in [5.74, 6) is 0.431. The van der Waals surface area contributed by atoms with Gasteiger partial charge in [0.25, 0.3) is 0 Å². The molecule has 1 aromatic rings. The maximum absolute atomic E-state index is 13.4. The quantitative estimate of drug-likeness (QED) is 0.665. The Hall–Kier alpha value is -1.29. The molecule has 0 bridgehead atoms. The molecule has 0 aliphatic heterocycles. The summed E-state index contributed by atoms with van der Waals surface area (Å²) in [4.78, 5) is 4.49. The van der Waals surface area contributed by atoms with Crippen LogP contribution >= 0.6 is 11.6 Å². The van der Waals surface area contributed by atoms with E-state index in [-0.39, 0.29) is 22.8 Å². The lowest BCUT2D eigenvalue weighted by Gasteiger charge is -2.12. The molecular formula is C15H19ClFN3. The third kappa shape index (κ3) is 3.06. The van der Waals surface area contributed by atoms with E-state index in [1.165, 1.54) is 31.7 Å². The van der Waals surface area contributed by atoms with Crippen LogP contribution in [-0.2, 0) is 0 Å². The predicted octanol–water partition coefficient (Wildman–Crippen LogP) is 3.18. The molecule has 20 heavy (non-hydrogen) atoms. The Kier molecular flexibility index (Phi) is 3.83. The van der Waals surface area contributed by atoms with Gasteiger partial charge >= 0.3 is 0 Å². The summed E-state index contributed by atoms with van der Waals surface area (Å²) in [5.41, 5.74) is 6.89. The van der Waals surface area contributed by atoms with Gasteiger partial charge in [0.1, 0.15) is 5.82 Å². The maximum atomic E-state index is 13.4. The molecule has 0 heterocycles. The Morgan fingerprint density at radius 3 is 2.80 bits per heavy atom. The number of hydrogen-bond donors (Lipinski definition) is 2. The molecular weight excluding hydrogens is 277 g/mol. The van der Waals surface area contributed by atoms with Gasteiger partial charge in [-0.05, 0) is 37.0 Å². The molecule has 0 aromatic heterocycles. The molecule has 5 heteroatoms. The fourth-order valence-corrected chi connectivity index (χ4v) is 3.04. The number of nitrogens with two attached hydrogens (primary N) is 1. The molecule has 2 fully saturated rings. The summed E-state index contributed by atoms with van der Waals surface area (Å²) in [6, 6.07) is 5.62. The molecule has 2 aliphatic carbocycles. The average molecular weight is 296 g/mol. The molecule has 0 amide bonds. The third-order valence-corrected chi connectivity index (χ3v) is 4.45. The number of rotatable bonds is 3. The summed E-state index contributed by atoms with van der Waals surface area (Å²) in [7, 11) is 0. The average Bonchev–Trinajstić information content (AvgIpc) is 2.96. The largest absolute Gasteiger partial charge is 0.370 e. The van der Waals surface area contributed by atoms with Crippen LogP contribution in [0, 0.1) is 5.82 Å². The topological polar surface area (TPSA) is 50.4 Å². The fraction of sp³-hybridized carbons (Fsp3) is 0.533. The number of nitrogens with one attached hydrogen (secondary N) is 1. The predicted molar refractivity (Wildman–Crippen MR) is 79.6 cm³/mol. The molecule has 2 saturated carbocycles. The van der Waals surface area contributed by atoms with Crippen molar-refractivity contribution in [1.82, 2.24) is 5.32 Å². The minimum Gasteiger partial charge on any atom is -0.370 e. The van der Waals surface area contributed by atoms with E-state index >= 15 is 0 Å². The van der Waals surface area contributed by atoms with Gasteiger partial charge in [-0.2, -0.15) is 0 Å². The van der Waals surface area contributed by atoms with Gasteiger partial charge in [0, 0.05) is 12.0 Å². The van der Waals surface area contributed by atoms with Gasteiger partial charge in [0.15, 0.2) is 5.96 Å². The van der Waals surface area contributed by atoms with Gasteiger partial charge in [0.05, 0.1) is 11.1 Å². The van der Waals surface area contributed by atoms with Crippen LogP contribution in [0.4, 0.5) is 4.39 Å². The second kappa shape index (κ2) is 5.60. The Morgan fingerprint density at radius 1 is 1.35 bits per heavy atom. The van der Waals surface area contributed by atoms with Crippen molar-refractivity contribution >= 4 is 17.6 Å². The van der Waals surface area contributed by atoms with Crippen LogP contribution in [0.2, 0.25) is 5.02 Å². The van der Waals surface area contributed by atoms with Crippen molar-refractivity contribution in [3.8, 4) is 0 Å². The first-order valence-electron chi connectivity index (χ1n) is 7.18. The Balaban J connectivity index is 1.59. The summed E-state index contributed by atoms with van der Waals surface area (Å²) in [6.07, 6.45) is 5.80. The highest BCUT2D eigenvalue weighted by atomic mass is 35.5. The minimum atomic E-state index is -0.365. The maximum Gasteiger partial charge on any atom is 0.189 e. The van der Waals surface area contributed by atoms with Gasteiger partial charge in [-0.1, -0.05) is 30.5 Å². The smallest absolute Gasteiger partial charge is 0.189 e. The van der Waals surface area contributed by atoms with Crippen molar-refractivity contribution in [3.05, 3.63) is 34.6 Å². The van der Waals surface area contributed by atoms with Crippen LogP contribution in [0.1, 0.15) is 43.6 Å². The molecule has 2 aliphatic rings. The highest BCUT2D eigenvalue weighted by Gasteiger charge is 2.39. The first kappa shape index (κ1) is 13.7. The van der Waals surface area contributed by atoms with E-state index in [9.17, 15) is 4.39 Å². The van der Waals surface area contributed by atoms with Crippen LogP contribution in [0.5, 0.6) is 0 Å². The number of guanidine groups is 1. The molecule has 3 rings (SSSR count). The number of benzene rings is 1. The van der Waals surface area contributed by atoms with Crippen molar-refractivity contribution < 1.29 is 4.39 Å². The number of hydrogen-bond acceptors (Lipinski definition) is 1. The van der Waals surface area contributed by atoms with Gasteiger partial charge < -0.3 is 11.1 Å². The lowest BCUT2D eigenvalue weighted by molar-refractivity contribution is 0.624. The van der Waals surface area contributed by atoms with Crippen molar-refractivity contribution in [2.24, 2.45) is 10.7 Å². The second-order valence-corrected chi connectivity index (χ2v) is 6.13. The van der Waals surface area contributed by atoms with E-state index in [1.807, 2.05) is 6.07 Å². The SMILES string of the molecule is NC(=N[C@@H]1C[C@H]1c1ccc(Cl)c(F)c1)NC1CCCC1. The van der Waals surface area contributed by atoms with Crippen LogP contribution in [0.25, 0.3) is 0 Å². The van der Waals surface area contributed by atoms with Crippen molar-refractivity contribution in [3.63, 3.8) is 0 Å². The molecule has 0 saturated heterocycles. The van der Waals surface area contributed by atoms with E-state index in [1.54, 1.807) is 6.07 Å². The number of halogens is 2. The van der Waals surface area contributed by atoms with E-state index in [0.29, 0.717) is 12.0 Å². The lowest BCUT2D eigenvalue weighted by atomic mass is 10.1. The summed E-state index contributed by atoms with van der Waals surface area (Å²) >= 11 is 5.69. The van der Waals surface area contributed by atoms with E-state index < -0.39 is 0 Å². The van der Waals surface area contributed by atoms with Crippen molar-refractivity contribution in [2.45, 2.75) is 50.1 Å². The Labute approximate surface area is 123 Å². The van der Waals surface area contributed by atoms with Crippen molar-refractivity contribution in [1.29, 1.82) is 0 Å². The molecule has 2 atom stereocenters. The first-order valence-corrected chi connectivity index (χ1v) is 7.56. The monoisotopic (exact) mass is 295 g/mol. The zero-order valence-electron chi connectivity index (χ0n) is 11.3. The molecule has 1 aromatic carbocycles. The Bertz CT molecular complexity index is 526. The standard InChI is InChI=1S/C15H19ClFN3/c16-12-6-5-9(7-13(12)17)11-8-14(11)20-15(18)19-10-3-1-2-4-10/h5-7,10-11,14H,1-4,8H2,(H3,18,19,20)/t11-,14+/m0/s1. The van der Waals surface area contributed by atoms with Crippen LogP contribution in [0.3, 0.4) is 0 Å². The lowest BCUT2D eigenvalue weighted by Crippen LogP contribution is -2.38. The van der Waals surface area contributed by atoms with Crippen LogP contribution in [0.15, 0.2) is 23.2 Å². The third-order valence-electron chi connectivity index (χ3n) is 4.14. The highest BCUT2D eigenvalue weighted by molar-refractivity contribution is 6.30. The minimum absolute atomic E-state index is 0.164. The number of nitrogens with zero attached hydrogens (tertiary/aromatic N) is 1. The highest BCUT2D eigenvalue weighted by Crippen LogP contribution is 2.44. The van der Waals surface area contributed by atoms with Gasteiger partial charge in [-0.3, -0.25) is 0 Å². The zero-order valence-corrected chi connectivity index (χ0v) is 12.0. The molecule has 0 unspecified atom stereocenters. The second-order valence-electron chi connectivity index (χ2n) is 5.72. The summed E-state index contributed by atoms with van der Waals surface area (Å²) in [6.45, 7) is 0. The Morgan fingerprint density at radius 2 is 2.10 bits per heavy atom. The van der Waals surface area contributed by atoms with E-state index in [0.717, 1.165) is 12.0 Å². The summed E-state index contributed by atoms with van der Waals surface area (Å²) < 4.78 is 13.4. The van der Waals surface area contributed by atoms with E-state index in [2.05, 4.69) is 10.3 Å². The molecule has 108 valence electrons. The molecule has 3 nitrogen and oxygen atoms in total. The van der Waals surface area contributed by atoms with Crippen LogP contribution < -0.4 is 11.1 Å². The van der Waals surface area contributed by atoms with Gasteiger partial charge in [-0.15, -0.1) is 0 Å². The van der Waals surface area contributed by atoms with Gasteiger partial charge in [-0.25, -0.2) is 9.38 Å². The summed E-state index contributed by atoms with van der Waals surface area (Å²) in [5, 5.41) is 3.44. The molecule has 3 N–H and O–H groups in total. The normalized spacial score (nSPS) is 26.8. The molecule has 0 spiro atoms. The fourth-order valence-electron chi connectivity index (χ4n) is 2.92. The van der Waals surface area contributed by atoms with Crippen LogP contribution in [-0.4, -0.2) is 18.0 Å². The number of aliphatic imine (C=N–C) groups is 1.